The van der Waals surface area contributed by atoms with Crippen molar-refractivity contribution in [2.24, 2.45) is 11.8 Å². The van der Waals surface area contributed by atoms with Crippen LogP contribution in [0.4, 0.5) is 0 Å². The van der Waals surface area contributed by atoms with Crippen LogP contribution in [0.2, 0.25) is 0 Å². The maximum atomic E-state index is 12.2. The van der Waals surface area contributed by atoms with Gasteiger partial charge < -0.3 is 10.2 Å². The zero-order chi connectivity index (χ0) is 15.1. The van der Waals surface area contributed by atoms with Gasteiger partial charge in [-0.3, -0.25) is 4.79 Å². The molecule has 0 unspecified atom stereocenters. The number of likely N-dealkylation sites (tertiary alicyclic amines) is 1. The fourth-order valence-electron chi connectivity index (χ4n) is 2.97. The Morgan fingerprint density at radius 1 is 1.29 bits per heavy atom. The molecule has 1 heterocycles. The molecule has 1 aromatic rings. The van der Waals surface area contributed by atoms with E-state index in [4.69, 9.17) is 0 Å². The highest BCUT2D eigenvalue weighted by Gasteiger charge is 2.23. The molecule has 21 heavy (non-hydrogen) atoms. The highest BCUT2D eigenvalue weighted by Crippen LogP contribution is 2.17. The number of benzene rings is 1. The lowest BCUT2D eigenvalue weighted by Crippen LogP contribution is -2.40. The minimum atomic E-state index is 0.218. The number of amides is 1. The maximum Gasteiger partial charge on any atom is 0.223 e. The molecular weight excluding hydrogens is 260 g/mol. The highest BCUT2D eigenvalue weighted by molar-refractivity contribution is 5.78. The summed E-state index contributed by atoms with van der Waals surface area (Å²) in [5, 5.41) is 3.18. The van der Waals surface area contributed by atoms with E-state index >= 15 is 0 Å². The van der Waals surface area contributed by atoms with Gasteiger partial charge in [0.15, 0.2) is 0 Å². The fraction of sp³-hybridized carbons (Fsp3) is 0.611. The largest absolute Gasteiger partial charge is 0.356 e. The smallest absolute Gasteiger partial charge is 0.223 e. The van der Waals surface area contributed by atoms with Gasteiger partial charge in [-0.05, 0) is 50.9 Å². The van der Waals surface area contributed by atoms with Crippen molar-refractivity contribution in [1.82, 2.24) is 10.2 Å². The van der Waals surface area contributed by atoms with E-state index in [0.29, 0.717) is 5.92 Å². The average Bonchev–Trinajstić information content (AvgIpc) is 2.52. The van der Waals surface area contributed by atoms with Gasteiger partial charge in [-0.1, -0.05) is 43.7 Å². The lowest BCUT2D eigenvalue weighted by molar-refractivity contribution is -0.126. The van der Waals surface area contributed by atoms with E-state index in [1.165, 1.54) is 5.56 Å². The Kier molecular flexibility index (Phi) is 6.24. The summed E-state index contributed by atoms with van der Waals surface area (Å²) in [6, 6.07) is 10.5. The molecular formula is C18H28N2O. The van der Waals surface area contributed by atoms with Gasteiger partial charge in [-0.25, -0.2) is 0 Å². The molecule has 1 saturated heterocycles. The van der Waals surface area contributed by atoms with E-state index in [1.54, 1.807) is 0 Å². The monoisotopic (exact) mass is 288 g/mol. The highest BCUT2D eigenvalue weighted by atomic mass is 16.1. The fourth-order valence-corrected chi connectivity index (χ4v) is 2.97. The van der Waals surface area contributed by atoms with Gasteiger partial charge in [0.2, 0.25) is 5.91 Å². The van der Waals surface area contributed by atoms with Crippen molar-refractivity contribution >= 4 is 5.91 Å². The lowest BCUT2D eigenvalue weighted by atomic mass is 9.94. The molecule has 1 N–H and O–H groups in total. The van der Waals surface area contributed by atoms with Crippen molar-refractivity contribution in [1.29, 1.82) is 0 Å². The van der Waals surface area contributed by atoms with Crippen LogP contribution in [0.3, 0.4) is 0 Å². The van der Waals surface area contributed by atoms with Gasteiger partial charge in [0.25, 0.3) is 0 Å². The Morgan fingerprint density at radius 3 is 2.57 bits per heavy atom. The molecule has 0 spiro atoms. The summed E-state index contributed by atoms with van der Waals surface area (Å²) in [7, 11) is 2.13. The van der Waals surface area contributed by atoms with Crippen LogP contribution in [-0.2, 0) is 11.2 Å². The molecule has 0 bridgehead atoms. The third-order valence-corrected chi connectivity index (χ3v) is 4.60. The Labute approximate surface area is 128 Å². The maximum absolute atomic E-state index is 12.2. The molecule has 0 radical (unpaired) electrons. The van der Waals surface area contributed by atoms with Gasteiger partial charge >= 0.3 is 0 Å². The van der Waals surface area contributed by atoms with Gasteiger partial charge in [0.1, 0.15) is 0 Å². The van der Waals surface area contributed by atoms with Crippen molar-refractivity contribution in [3.8, 4) is 0 Å². The lowest BCUT2D eigenvalue weighted by Gasteiger charge is -2.28. The third kappa shape index (κ3) is 5.16. The van der Waals surface area contributed by atoms with E-state index in [1.807, 2.05) is 6.07 Å². The molecule has 3 nitrogen and oxygen atoms in total. The second kappa shape index (κ2) is 8.18. The summed E-state index contributed by atoms with van der Waals surface area (Å²) in [6.07, 6.45) is 4.14. The number of piperidine rings is 1. The molecule has 1 fully saturated rings. The second-order valence-electron chi connectivity index (χ2n) is 6.29. The molecule has 1 aliphatic heterocycles. The number of carbonyl (C=O) groups excluding carboxylic acids is 1. The predicted molar refractivity (Wildman–Crippen MR) is 87.2 cm³/mol. The quantitative estimate of drug-likeness (QED) is 0.873. The zero-order valence-electron chi connectivity index (χ0n) is 13.3. The number of rotatable bonds is 6. The molecule has 116 valence electrons. The normalized spacial score (nSPS) is 18.4. The summed E-state index contributed by atoms with van der Waals surface area (Å²) in [5.41, 5.74) is 1.36. The third-order valence-electron chi connectivity index (χ3n) is 4.60. The van der Waals surface area contributed by atoms with Crippen molar-refractivity contribution in [2.75, 3.05) is 26.7 Å². The van der Waals surface area contributed by atoms with Crippen LogP contribution in [-0.4, -0.2) is 37.5 Å². The van der Waals surface area contributed by atoms with Crippen LogP contribution in [0.15, 0.2) is 30.3 Å². The summed E-state index contributed by atoms with van der Waals surface area (Å²) < 4.78 is 0. The number of hydrogen-bond donors (Lipinski definition) is 1. The van der Waals surface area contributed by atoms with E-state index in [-0.39, 0.29) is 11.8 Å². The van der Waals surface area contributed by atoms with E-state index in [0.717, 1.165) is 45.3 Å². The van der Waals surface area contributed by atoms with Crippen molar-refractivity contribution < 1.29 is 4.79 Å². The van der Waals surface area contributed by atoms with Gasteiger partial charge in [0, 0.05) is 12.5 Å². The first-order valence-electron chi connectivity index (χ1n) is 8.19. The molecule has 0 aromatic heterocycles. The molecule has 0 aliphatic carbocycles. The van der Waals surface area contributed by atoms with Crippen LogP contribution >= 0.6 is 0 Å². The van der Waals surface area contributed by atoms with Crippen molar-refractivity contribution in [2.45, 2.75) is 32.6 Å². The topological polar surface area (TPSA) is 32.3 Å². The predicted octanol–water partition coefficient (Wildman–Crippen LogP) is 2.71. The standard InChI is InChI=1S/C18H28N2O/c1-3-15(13-16-7-5-4-6-8-16)14-19-18(21)17-9-11-20(2)12-10-17/h4-8,15,17H,3,9-14H2,1-2H3,(H,19,21)/t15-/m1/s1. The Bertz CT molecular complexity index is 424. The number of carbonyl (C=O) groups is 1. The Morgan fingerprint density at radius 2 is 1.95 bits per heavy atom. The molecule has 1 atom stereocenters. The first-order chi connectivity index (χ1) is 10.2. The second-order valence-corrected chi connectivity index (χ2v) is 6.29. The van der Waals surface area contributed by atoms with Crippen LogP contribution in [0, 0.1) is 11.8 Å². The summed E-state index contributed by atoms with van der Waals surface area (Å²) in [4.78, 5) is 14.5. The molecule has 3 heteroatoms. The summed E-state index contributed by atoms with van der Waals surface area (Å²) in [6.45, 7) is 5.09. The zero-order valence-corrected chi connectivity index (χ0v) is 13.3. The van der Waals surface area contributed by atoms with Crippen LogP contribution < -0.4 is 5.32 Å². The average molecular weight is 288 g/mol. The minimum absolute atomic E-state index is 0.218. The van der Waals surface area contributed by atoms with Crippen LogP contribution in [0.25, 0.3) is 0 Å². The Hall–Kier alpha value is -1.35. The number of nitrogens with one attached hydrogen (secondary N) is 1. The Balaban J connectivity index is 1.76. The van der Waals surface area contributed by atoms with Gasteiger partial charge in [-0.2, -0.15) is 0 Å². The number of nitrogens with zero attached hydrogens (tertiary/aromatic N) is 1. The molecule has 1 amide bonds. The van der Waals surface area contributed by atoms with Crippen molar-refractivity contribution in [3.05, 3.63) is 35.9 Å². The molecule has 1 aromatic carbocycles. The first-order valence-corrected chi connectivity index (χ1v) is 8.19. The summed E-state index contributed by atoms with van der Waals surface area (Å²) >= 11 is 0. The molecule has 0 saturated carbocycles. The van der Waals surface area contributed by atoms with Crippen LogP contribution in [0.1, 0.15) is 31.7 Å². The molecule has 2 rings (SSSR count). The number of hydrogen-bond acceptors (Lipinski definition) is 2. The summed E-state index contributed by atoms with van der Waals surface area (Å²) in [5.74, 6) is 1.01. The van der Waals surface area contributed by atoms with Gasteiger partial charge in [0.05, 0.1) is 0 Å². The van der Waals surface area contributed by atoms with Gasteiger partial charge in [-0.15, -0.1) is 0 Å². The van der Waals surface area contributed by atoms with E-state index in [2.05, 4.69) is 48.5 Å². The minimum Gasteiger partial charge on any atom is -0.356 e. The molecule has 1 aliphatic rings. The van der Waals surface area contributed by atoms with E-state index < -0.39 is 0 Å². The van der Waals surface area contributed by atoms with Crippen molar-refractivity contribution in [3.63, 3.8) is 0 Å². The van der Waals surface area contributed by atoms with E-state index in [9.17, 15) is 4.79 Å². The van der Waals surface area contributed by atoms with Crippen LogP contribution in [0.5, 0.6) is 0 Å². The first kappa shape index (κ1) is 16.0. The SMILES string of the molecule is CC[C@@H](CNC(=O)C1CCN(C)CC1)Cc1ccccc1.